The van der Waals surface area contributed by atoms with Gasteiger partial charge < -0.3 is 33.5 Å². The number of hydrogen-bond donors (Lipinski definition) is 2. The molecule has 3 aliphatic carbocycles. The van der Waals surface area contributed by atoms with E-state index < -0.39 is 123 Å². The molecule has 16 nitrogen and oxygen atoms in total. The largest absolute Gasteiger partial charge is 0.455 e. The zero-order valence-corrected chi connectivity index (χ0v) is 39.7. The second kappa shape index (κ2) is 18.1. The van der Waals surface area contributed by atoms with Crippen molar-refractivity contribution < 1.29 is 70.7 Å². The Kier molecular flexibility index (Phi) is 13.2. The zero-order chi connectivity index (χ0) is 49.0. The highest BCUT2D eigenvalue weighted by Gasteiger charge is 2.77. The number of hydrogen-bond acceptors (Lipinski definition) is 15. The summed E-state index contributed by atoms with van der Waals surface area (Å²) < 4.78 is 67.2. The van der Waals surface area contributed by atoms with Gasteiger partial charge in [-0.15, -0.1) is 0 Å². The first-order valence-electron chi connectivity index (χ1n) is 22.1. The molecular weight excluding hydrogens is 887 g/mol. The molecule has 3 aromatic rings. The maximum Gasteiger partial charge on any atom is 0.350 e. The number of sulfonamides is 1. The third-order valence-corrected chi connectivity index (χ3v) is 16.0. The van der Waals surface area contributed by atoms with Gasteiger partial charge in [-0.2, -0.15) is 4.72 Å². The molecule has 3 aromatic carbocycles. The van der Waals surface area contributed by atoms with Crippen molar-refractivity contribution in [3.05, 3.63) is 113 Å². The smallest absolute Gasteiger partial charge is 0.350 e. The van der Waals surface area contributed by atoms with E-state index in [1.54, 1.807) is 90.1 Å². The first-order valence-corrected chi connectivity index (χ1v) is 23.6. The van der Waals surface area contributed by atoms with Crippen LogP contribution in [0, 0.1) is 29.6 Å². The number of ether oxygens (including phenoxy) is 6. The predicted molar refractivity (Wildman–Crippen MR) is 238 cm³/mol. The summed E-state index contributed by atoms with van der Waals surface area (Å²) in [4.78, 5) is 84.1. The van der Waals surface area contributed by atoms with Crippen LogP contribution in [0.3, 0.4) is 0 Å². The Morgan fingerprint density at radius 1 is 0.821 bits per heavy atom. The Hall–Kier alpha value is -5.75. The Balaban J connectivity index is 1.42. The lowest BCUT2D eigenvalue weighted by molar-refractivity contribution is -0.340. The number of esters is 5. The van der Waals surface area contributed by atoms with Crippen LogP contribution in [-0.2, 0) is 62.4 Å². The highest BCUT2D eigenvalue weighted by Crippen LogP contribution is 2.65. The molecule has 67 heavy (non-hydrogen) atoms. The van der Waals surface area contributed by atoms with Crippen molar-refractivity contribution in [2.24, 2.45) is 22.7 Å². The normalized spacial score (nSPS) is 30.6. The van der Waals surface area contributed by atoms with Gasteiger partial charge in [-0.3, -0.25) is 19.2 Å². The highest BCUT2D eigenvalue weighted by atomic mass is 32.2. The van der Waals surface area contributed by atoms with E-state index >= 15 is 4.79 Å². The standard InChI is InChI=1S/C50H57NO15S/c1-27-20-22-35(23-21-27)67(59,60)51-39(33-16-12-10-13-17-33)41(63-31(5)53)46(57)64-36-25-50(58)44(65-45(56)34-18-14-11-15-19-34)42-48(9,28(2)24-37-49(42,26-61-37)66-32(6)54)43(55)40(62-30(4)52)38(29(36)3)47(50,7)8/h10-23,28,36-37,39-42,44,51,58H,24-26H2,1-9H3/t28-,36-,37+,39?,40+,41?,42-,44-,48+,49-,50+/m0/s1. The van der Waals surface area contributed by atoms with Crippen molar-refractivity contribution in [1.82, 2.24) is 4.72 Å². The highest BCUT2D eigenvalue weighted by molar-refractivity contribution is 7.89. The maximum absolute atomic E-state index is 15.8. The first kappa shape index (κ1) is 49.2. The van der Waals surface area contributed by atoms with Crippen LogP contribution in [0.15, 0.2) is 101 Å². The quantitative estimate of drug-likeness (QED) is 0.131. The minimum absolute atomic E-state index is 0.0455. The van der Waals surface area contributed by atoms with Crippen LogP contribution in [-0.4, -0.2) is 97.5 Å². The number of carbonyl (C=O) groups excluding carboxylic acids is 6. The van der Waals surface area contributed by atoms with Gasteiger partial charge >= 0.3 is 29.8 Å². The summed E-state index contributed by atoms with van der Waals surface area (Å²) in [5.41, 5.74) is -6.02. The van der Waals surface area contributed by atoms with Crippen LogP contribution in [0.2, 0.25) is 0 Å². The number of rotatable bonds is 12. The molecule has 11 atom stereocenters. The number of carbonyl (C=O) groups is 6. The van der Waals surface area contributed by atoms with Gasteiger partial charge in [0.1, 0.15) is 23.9 Å². The van der Waals surface area contributed by atoms with Gasteiger partial charge in [0.2, 0.25) is 16.1 Å². The van der Waals surface area contributed by atoms with Gasteiger partial charge in [-0.1, -0.05) is 93.9 Å². The number of nitrogens with one attached hydrogen (secondary N) is 1. The van der Waals surface area contributed by atoms with E-state index in [1.807, 2.05) is 0 Å². The lowest BCUT2D eigenvalue weighted by Crippen LogP contribution is -2.80. The van der Waals surface area contributed by atoms with Crippen LogP contribution in [0.25, 0.3) is 0 Å². The number of benzene rings is 3. The summed E-state index contributed by atoms with van der Waals surface area (Å²) in [6, 6.07) is 20.3. The lowest BCUT2D eigenvalue weighted by Gasteiger charge is -2.68. The minimum atomic E-state index is -4.42. The molecular formula is C50H57NO15S. The fourth-order valence-electron chi connectivity index (χ4n) is 10.9. The molecule has 17 heteroatoms. The summed E-state index contributed by atoms with van der Waals surface area (Å²) in [7, 11) is -4.42. The summed E-state index contributed by atoms with van der Waals surface area (Å²) in [6.07, 6.45) is -8.16. The number of ketones is 1. The molecule has 2 saturated carbocycles. The van der Waals surface area contributed by atoms with Crippen molar-refractivity contribution in [2.75, 3.05) is 6.61 Å². The molecule has 0 radical (unpaired) electrons. The van der Waals surface area contributed by atoms with E-state index in [-0.39, 0.29) is 40.2 Å². The molecule has 7 rings (SSSR count). The zero-order valence-electron chi connectivity index (χ0n) is 38.9. The van der Waals surface area contributed by atoms with E-state index in [1.165, 1.54) is 43.3 Å². The Morgan fingerprint density at radius 3 is 1.99 bits per heavy atom. The fourth-order valence-corrected chi connectivity index (χ4v) is 12.1. The van der Waals surface area contributed by atoms with Crippen molar-refractivity contribution in [3.8, 4) is 0 Å². The first-order chi connectivity index (χ1) is 31.4. The van der Waals surface area contributed by atoms with Crippen molar-refractivity contribution in [2.45, 2.75) is 128 Å². The number of fused-ring (bicyclic) bond motifs is 5. The van der Waals surface area contributed by atoms with E-state index in [0.717, 1.165) is 19.4 Å². The number of aryl methyl sites for hydroxylation is 1. The molecule has 1 heterocycles. The van der Waals surface area contributed by atoms with E-state index in [2.05, 4.69) is 4.72 Å². The van der Waals surface area contributed by atoms with Crippen LogP contribution in [0.5, 0.6) is 0 Å². The average Bonchev–Trinajstić information content (AvgIpc) is 3.26. The van der Waals surface area contributed by atoms with Crippen LogP contribution >= 0.6 is 0 Å². The lowest BCUT2D eigenvalue weighted by atomic mass is 9.43. The summed E-state index contributed by atoms with van der Waals surface area (Å²) in [6.45, 7) is 13.0. The van der Waals surface area contributed by atoms with E-state index in [0.29, 0.717) is 0 Å². The number of Topliss-reactive ketones (excluding diaryl/α,β-unsaturated/α-hetero) is 1. The monoisotopic (exact) mass is 943 g/mol. The molecule has 358 valence electrons. The van der Waals surface area contributed by atoms with E-state index in [9.17, 15) is 37.5 Å². The summed E-state index contributed by atoms with van der Waals surface area (Å²) in [5, 5.41) is 13.9. The molecule has 2 bridgehead atoms. The van der Waals surface area contributed by atoms with Crippen LogP contribution in [0.4, 0.5) is 0 Å². The Labute approximate surface area is 389 Å². The third kappa shape index (κ3) is 8.59. The maximum atomic E-state index is 15.8. The van der Waals surface area contributed by atoms with Gasteiger partial charge in [-0.25, -0.2) is 18.0 Å². The SMILES string of the molecule is CC(=O)OC(C(=O)O[C@H]1C[C@@]2(O)[C@@H](OC(=O)c3ccccc3)[C@@H]3[C@]4(OC(C)=O)CO[C@@H]4C[C@H](C)[C@@]3(C)C(=O)[C@H](OC(C)=O)C(=C1C)C2(C)C)C(NS(=O)(=O)c1ccc(C)cc1)c1ccccc1. The van der Waals surface area contributed by atoms with Crippen LogP contribution < -0.4 is 4.72 Å². The topological polar surface area (TPSA) is 224 Å². The van der Waals surface area contributed by atoms with Gasteiger partial charge in [0.05, 0.1) is 29.0 Å². The van der Waals surface area contributed by atoms with Crippen molar-refractivity contribution in [1.29, 1.82) is 0 Å². The fraction of sp³-hybridized carbons (Fsp3) is 0.480. The van der Waals surface area contributed by atoms with Gasteiger partial charge in [0.15, 0.2) is 17.5 Å². The molecule has 2 N–H and O–H groups in total. The van der Waals surface area contributed by atoms with Gasteiger partial charge in [0.25, 0.3) is 0 Å². The molecule has 3 fully saturated rings. The molecule has 0 spiro atoms. The van der Waals surface area contributed by atoms with Crippen molar-refractivity contribution >= 4 is 45.7 Å². The van der Waals surface area contributed by atoms with Gasteiger partial charge in [0, 0.05) is 38.0 Å². The predicted octanol–water partition coefficient (Wildman–Crippen LogP) is 5.44. The Bertz CT molecular complexity index is 2600. The van der Waals surface area contributed by atoms with Crippen molar-refractivity contribution in [3.63, 3.8) is 0 Å². The third-order valence-electron chi connectivity index (χ3n) is 14.5. The minimum Gasteiger partial charge on any atom is -0.455 e. The second-order valence-corrected chi connectivity index (χ2v) is 20.6. The molecule has 1 aliphatic heterocycles. The van der Waals surface area contributed by atoms with Gasteiger partial charge in [-0.05, 0) is 67.2 Å². The summed E-state index contributed by atoms with van der Waals surface area (Å²) in [5.74, 6) is -7.32. The Morgan fingerprint density at radius 2 is 1.43 bits per heavy atom. The number of aliphatic hydroxyl groups is 1. The summed E-state index contributed by atoms with van der Waals surface area (Å²) >= 11 is 0. The van der Waals surface area contributed by atoms with E-state index in [4.69, 9.17) is 28.4 Å². The molecule has 2 unspecified atom stereocenters. The second-order valence-electron chi connectivity index (χ2n) is 18.9. The molecule has 4 aliphatic rings. The molecule has 0 amide bonds. The average molecular weight is 944 g/mol. The molecule has 1 saturated heterocycles. The molecule has 0 aromatic heterocycles. The van der Waals surface area contributed by atoms with Crippen LogP contribution in [0.1, 0.15) is 95.8 Å².